The number of carbonyl (C=O) groups excluding carboxylic acids is 1. The zero-order valence-corrected chi connectivity index (χ0v) is 16.5. The first kappa shape index (κ1) is 21.8. The van der Waals surface area contributed by atoms with E-state index in [9.17, 15) is 30.3 Å². The lowest BCUT2D eigenvalue weighted by molar-refractivity contribution is -0.329. The zero-order chi connectivity index (χ0) is 21.1. The third-order valence-corrected chi connectivity index (χ3v) is 6.43. The Kier molecular flexibility index (Phi) is 5.53. The number of hydrogen-bond acceptors (Lipinski definition) is 9. The van der Waals surface area contributed by atoms with Gasteiger partial charge in [0.15, 0.2) is 12.1 Å². The largest absolute Gasteiger partial charge is 0.394 e. The van der Waals surface area contributed by atoms with Gasteiger partial charge in [-0.15, -0.1) is 0 Å². The van der Waals surface area contributed by atoms with Crippen molar-refractivity contribution in [1.82, 2.24) is 0 Å². The van der Waals surface area contributed by atoms with Crippen LogP contribution in [0.1, 0.15) is 34.1 Å². The lowest BCUT2D eigenvalue weighted by Crippen LogP contribution is -2.63. The van der Waals surface area contributed by atoms with E-state index < -0.39 is 66.1 Å². The molecule has 5 N–H and O–H groups in total. The molecule has 2 aliphatic heterocycles. The predicted octanol–water partition coefficient (Wildman–Crippen LogP) is -1.36. The first-order valence-corrected chi connectivity index (χ1v) is 9.44. The van der Waals surface area contributed by atoms with Gasteiger partial charge in [-0.1, -0.05) is 13.8 Å². The fourth-order valence-electron chi connectivity index (χ4n) is 4.78. The molecule has 0 radical (unpaired) electrons. The maximum atomic E-state index is 11.5. The minimum atomic E-state index is -1.58. The number of epoxide rings is 1. The Bertz CT molecular complexity index is 647. The molecular weight excluding hydrogens is 372 g/mol. The molecule has 9 heteroatoms. The van der Waals surface area contributed by atoms with Crippen LogP contribution >= 0.6 is 0 Å². The standard InChI is InChI=1S/C19H30O9/c1-9(21)5-6-19-17(2,3)15(10(22)7-18(19,4)28-19)27-16-14(25)13(24)12(23)11(8-20)26-16/h5-6,10-16,20,22-25H,7-8H2,1-4H3/b6-5+/t10?,11-,12-,13+,14-,15?,16-,18?,19?/m1/s1. The van der Waals surface area contributed by atoms with Crippen LogP contribution in [0.25, 0.3) is 0 Å². The van der Waals surface area contributed by atoms with Gasteiger partial charge in [0.2, 0.25) is 0 Å². The van der Waals surface area contributed by atoms with Crippen LogP contribution in [0.2, 0.25) is 0 Å². The summed E-state index contributed by atoms with van der Waals surface area (Å²) in [6.45, 7) is 6.35. The Morgan fingerprint density at radius 3 is 2.36 bits per heavy atom. The summed E-state index contributed by atoms with van der Waals surface area (Å²) >= 11 is 0. The number of ether oxygens (including phenoxy) is 3. The molecule has 160 valence electrons. The van der Waals surface area contributed by atoms with Gasteiger partial charge in [-0.2, -0.15) is 0 Å². The number of aliphatic hydroxyl groups is 5. The summed E-state index contributed by atoms with van der Waals surface area (Å²) in [4.78, 5) is 11.5. The Morgan fingerprint density at radius 1 is 1.14 bits per heavy atom. The fraction of sp³-hybridized carbons (Fsp3) is 0.842. The molecule has 0 aromatic rings. The van der Waals surface area contributed by atoms with E-state index in [-0.39, 0.29) is 12.2 Å². The van der Waals surface area contributed by atoms with Crippen molar-refractivity contribution in [2.45, 2.75) is 88.2 Å². The van der Waals surface area contributed by atoms with Crippen LogP contribution in [0, 0.1) is 5.41 Å². The molecule has 9 nitrogen and oxygen atoms in total. The molecule has 0 aromatic heterocycles. The molecule has 9 atom stereocenters. The average molecular weight is 402 g/mol. The minimum Gasteiger partial charge on any atom is -0.394 e. The van der Waals surface area contributed by atoms with Gasteiger partial charge in [-0.25, -0.2) is 0 Å². The van der Waals surface area contributed by atoms with Gasteiger partial charge in [0.1, 0.15) is 35.6 Å². The molecule has 1 aliphatic carbocycles. The first-order chi connectivity index (χ1) is 12.9. The quantitative estimate of drug-likeness (QED) is 0.277. The minimum absolute atomic E-state index is 0.138. The first-order valence-electron chi connectivity index (χ1n) is 9.44. The molecule has 3 fully saturated rings. The number of ketones is 1. The van der Waals surface area contributed by atoms with Crippen LogP contribution in [0.15, 0.2) is 12.2 Å². The average Bonchev–Trinajstić information content (AvgIpc) is 3.23. The number of fused-ring (bicyclic) bond motifs is 1. The highest BCUT2D eigenvalue weighted by Crippen LogP contribution is 2.66. The second kappa shape index (κ2) is 7.10. The molecule has 0 aromatic carbocycles. The number of allylic oxidation sites excluding steroid dienone is 1. The normalized spacial score (nSPS) is 50.4. The van der Waals surface area contributed by atoms with Gasteiger partial charge in [-0.3, -0.25) is 4.79 Å². The van der Waals surface area contributed by atoms with E-state index in [2.05, 4.69) is 0 Å². The van der Waals surface area contributed by atoms with Crippen molar-refractivity contribution < 1.29 is 44.5 Å². The van der Waals surface area contributed by atoms with Crippen molar-refractivity contribution in [3.05, 3.63) is 12.2 Å². The van der Waals surface area contributed by atoms with E-state index in [1.165, 1.54) is 13.0 Å². The molecular formula is C19H30O9. The summed E-state index contributed by atoms with van der Waals surface area (Å²) in [6, 6.07) is 0. The highest BCUT2D eigenvalue weighted by atomic mass is 16.7. The molecule has 4 unspecified atom stereocenters. The van der Waals surface area contributed by atoms with Gasteiger partial charge >= 0.3 is 0 Å². The van der Waals surface area contributed by atoms with Crippen molar-refractivity contribution >= 4 is 5.78 Å². The number of rotatable bonds is 5. The lowest BCUT2D eigenvalue weighted by Gasteiger charge is -2.48. The van der Waals surface area contributed by atoms with Crippen LogP contribution in [0.5, 0.6) is 0 Å². The van der Waals surface area contributed by atoms with Crippen molar-refractivity contribution in [2.24, 2.45) is 5.41 Å². The third-order valence-electron chi connectivity index (χ3n) is 6.43. The van der Waals surface area contributed by atoms with E-state index in [4.69, 9.17) is 14.2 Å². The van der Waals surface area contributed by atoms with Crippen LogP contribution in [-0.2, 0) is 19.0 Å². The number of carbonyl (C=O) groups is 1. The molecule has 3 rings (SSSR count). The molecule has 2 heterocycles. The smallest absolute Gasteiger partial charge is 0.187 e. The lowest BCUT2D eigenvalue weighted by atomic mass is 9.61. The summed E-state index contributed by atoms with van der Waals surface area (Å²) in [5.41, 5.74) is -2.36. The van der Waals surface area contributed by atoms with E-state index in [0.29, 0.717) is 0 Å². The molecule has 0 spiro atoms. The number of aliphatic hydroxyl groups excluding tert-OH is 5. The summed E-state index contributed by atoms with van der Waals surface area (Å²) in [5, 5.41) is 50.2. The highest BCUT2D eigenvalue weighted by molar-refractivity contribution is 5.87. The molecule has 28 heavy (non-hydrogen) atoms. The van der Waals surface area contributed by atoms with E-state index >= 15 is 0 Å². The summed E-state index contributed by atoms with van der Waals surface area (Å²) in [7, 11) is 0. The predicted molar refractivity (Wildman–Crippen MR) is 95.1 cm³/mol. The maximum Gasteiger partial charge on any atom is 0.187 e. The Hall–Kier alpha value is -0.910. The molecule has 0 amide bonds. The van der Waals surface area contributed by atoms with Crippen LogP contribution in [0.3, 0.4) is 0 Å². The van der Waals surface area contributed by atoms with Crippen molar-refractivity contribution in [3.8, 4) is 0 Å². The van der Waals surface area contributed by atoms with Crippen LogP contribution < -0.4 is 0 Å². The highest BCUT2D eigenvalue weighted by Gasteiger charge is 2.78. The molecule has 2 saturated heterocycles. The van der Waals surface area contributed by atoms with E-state index in [0.717, 1.165) is 0 Å². The summed E-state index contributed by atoms with van der Waals surface area (Å²) < 4.78 is 17.3. The molecule has 3 aliphatic rings. The van der Waals surface area contributed by atoms with E-state index in [1.54, 1.807) is 6.08 Å². The molecule has 0 bridgehead atoms. The topological polar surface area (TPSA) is 149 Å². The monoisotopic (exact) mass is 402 g/mol. The van der Waals surface area contributed by atoms with Gasteiger partial charge in [0, 0.05) is 11.8 Å². The van der Waals surface area contributed by atoms with E-state index in [1.807, 2.05) is 20.8 Å². The van der Waals surface area contributed by atoms with Crippen molar-refractivity contribution in [2.75, 3.05) is 6.61 Å². The second-order valence-corrected chi connectivity index (χ2v) is 8.76. The van der Waals surface area contributed by atoms with Gasteiger partial charge < -0.3 is 39.7 Å². The second-order valence-electron chi connectivity index (χ2n) is 8.76. The van der Waals surface area contributed by atoms with Gasteiger partial charge in [0.05, 0.1) is 18.8 Å². The van der Waals surface area contributed by atoms with Crippen molar-refractivity contribution in [3.63, 3.8) is 0 Å². The third kappa shape index (κ3) is 3.14. The Labute approximate surface area is 163 Å². The Balaban J connectivity index is 1.86. The van der Waals surface area contributed by atoms with Gasteiger partial charge in [-0.05, 0) is 26.0 Å². The zero-order valence-electron chi connectivity index (χ0n) is 16.5. The Morgan fingerprint density at radius 2 is 1.79 bits per heavy atom. The SMILES string of the molecule is CC(=O)/C=C/C12OC1(C)CC(O)C(O[C@H]1O[C@H](CO)[C@@H](O)[C@H](O)[C@H]1O)C2(C)C. The number of hydrogen-bond donors (Lipinski definition) is 5. The van der Waals surface area contributed by atoms with Crippen LogP contribution in [0.4, 0.5) is 0 Å². The summed E-state index contributed by atoms with van der Waals surface area (Å²) in [5.74, 6) is -0.138. The van der Waals surface area contributed by atoms with Crippen LogP contribution in [-0.4, -0.2) is 92.0 Å². The fourth-order valence-corrected chi connectivity index (χ4v) is 4.78. The van der Waals surface area contributed by atoms with Gasteiger partial charge in [0.25, 0.3) is 0 Å². The summed E-state index contributed by atoms with van der Waals surface area (Å²) in [6.07, 6.45) is -5.61. The molecule has 1 saturated carbocycles. The maximum absolute atomic E-state index is 11.5. The van der Waals surface area contributed by atoms with Crippen molar-refractivity contribution in [1.29, 1.82) is 0 Å².